The minimum absolute atomic E-state index is 0.192. The molecule has 132 valence electrons. The summed E-state index contributed by atoms with van der Waals surface area (Å²) in [6.07, 6.45) is -5.09. The Morgan fingerprint density at radius 3 is 2.35 bits per heavy atom. The van der Waals surface area contributed by atoms with Gasteiger partial charge in [-0.25, -0.2) is 8.42 Å². The molecule has 2 atom stereocenters. The Morgan fingerprint density at radius 2 is 1.96 bits per heavy atom. The highest BCUT2D eigenvalue weighted by atomic mass is 32.2. The van der Waals surface area contributed by atoms with Gasteiger partial charge in [-0.2, -0.15) is 13.2 Å². The predicted molar refractivity (Wildman–Crippen MR) is 75.3 cm³/mol. The van der Waals surface area contributed by atoms with Crippen molar-refractivity contribution in [1.29, 1.82) is 0 Å². The van der Waals surface area contributed by atoms with Gasteiger partial charge in [0, 0.05) is 19.2 Å². The average Bonchev–Trinajstić information content (AvgIpc) is 2.82. The molecule has 0 aliphatic rings. The standard InChI is InChI=1S/C13H18F3NO5S/c1-8-4-5-10(22-8)12(19,13(14,15)16)6-7-17-11(18)9(2)23(3,20)21/h4-5,9,19H,6-7H2,1-3H3,(H,17,18)/t9-,12+/m0/s1. The molecule has 0 fully saturated rings. The highest BCUT2D eigenvalue weighted by molar-refractivity contribution is 7.92. The van der Waals surface area contributed by atoms with Crippen LogP contribution in [-0.4, -0.2) is 43.7 Å². The number of hydrogen-bond acceptors (Lipinski definition) is 5. The molecule has 23 heavy (non-hydrogen) atoms. The molecule has 1 amide bonds. The van der Waals surface area contributed by atoms with Crippen LogP contribution >= 0.6 is 0 Å². The van der Waals surface area contributed by atoms with Gasteiger partial charge in [0.05, 0.1) is 0 Å². The molecule has 0 bridgehead atoms. The lowest BCUT2D eigenvalue weighted by molar-refractivity contribution is -0.274. The van der Waals surface area contributed by atoms with Gasteiger partial charge in [-0.1, -0.05) is 0 Å². The number of halogens is 3. The van der Waals surface area contributed by atoms with Gasteiger partial charge in [0.25, 0.3) is 0 Å². The van der Waals surface area contributed by atoms with E-state index in [4.69, 9.17) is 4.42 Å². The number of furan rings is 1. The smallest absolute Gasteiger partial charge is 0.424 e. The second kappa shape index (κ2) is 6.52. The van der Waals surface area contributed by atoms with Gasteiger partial charge in [0.1, 0.15) is 16.8 Å². The molecule has 1 aromatic heterocycles. The SMILES string of the molecule is Cc1ccc([C@](O)(CCNC(=O)[C@H](C)S(C)(=O)=O)C(F)(F)F)o1. The molecule has 0 unspecified atom stereocenters. The Morgan fingerprint density at radius 1 is 1.39 bits per heavy atom. The lowest BCUT2D eigenvalue weighted by atomic mass is 9.95. The summed E-state index contributed by atoms with van der Waals surface area (Å²) >= 11 is 0. The number of rotatable bonds is 6. The lowest BCUT2D eigenvalue weighted by Crippen LogP contribution is -2.46. The van der Waals surface area contributed by atoms with Gasteiger partial charge in [-0.3, -0.25) is 4.79 Å². The molecule has 0 saturated carbocycles. The zero-order valence-electron chi connectivity index (χ0n) is 12.8. The summed E-state index contributed by atoms with van der Waals surface area (Å²) in [6, 6.07) is 2.28. The number of aryl methyl sites for hydroxylation is 1. The highest BCUT2D eigenvalue weighted by Crippen LogP contribution is 2.41. The Hall–Kier alpha value is -1.55. The van der Waals surface area contributed by atoms with Gasteiger partial charge in [-0.05, 0) is 26.0 Å². The minimum Gasteiger partial charge on any atom is -0.463 e. The highest BCUT2D eigenvalue weighted by Gasteiger charge is 2.56. The Bertz CT molecular complexity index is 667. The van der Waals surface area contributed by atoms with Crippen molar-refractivity contribution in [2.75, 3.05) is 12.8 Å². The third-order valence-electron chi connectivity index (χ3n) is 3.41. The van der Waals surface area contributed by atoms with Gasteiger partial charge in [0.15, 0.2) is 9.84 Å². The molecule has 0 radical (unpaired) electrons. The van der Waals surface area contributed by atoms with Crippen LogP contribution in [0, 0.1) is 6.92 Å². The second-order valence-electron chi connectivity index (χ2n) is 5.28. The van der Waals surface area contributed by atoms with E-state index >= 15 is 0 Å². The van der Waals surface area contributed by atoms with Crippen molar-refractivity contribution >= 4 is 15.7 Å². The van der Waals surface area contributed by atoms with Crippen LogP contribution in [0.25, 0.3) is 0 Å². The van der Waals surface area contributed by atoms with E-state index < -0.39 is 51.5 Å². The molecule has 0 saturated heterocycles. The van der Waals surface area contributed by atoms with E-state index in [1.54, 1.807) is 0 Å². The van der Waals surface area contributed by atoms with Crippen LogP contribution in [0.1, 0.15) is 24.9 Å². The molecule has 0 aromatic carbocycles. The third kappa shape index (κ3) is 4.47. The monoisotopic (exact) mass is 357 g/mol. The van der Waals surface area contributed by atoms with Crippen LogP contribution in [0.5, 0.6) is 0 Å². The van der Waals surface area contributed by atoms with E-state index in [0.29, 0.717) is 0 Å². The summed E-state index contributed by atoms with van der Waals surface area (Å²) in [5.41, 5.74) is -3.27. The summed E-state index contributed by atoms with van der Waals surface area (Å²) in [7, 11) is -3.66. The summed E-state index contributed by atoms with van der Waals surface area (Å²) in [5, 5.41) is 10.6. The molecule has 0 aliphatic heterocycles. The molecule has 1 rings (SSSR count). The van der Waals surface area contributed by atoms with Crippen molar-refractivity contribution in [3.05, 3.63) is 23.7 Å². The largest absolute Gasteiger partial charge is 0.463 e. The summed E-state index contributed by atoms with van der Waals surface area (Å²) in [6.45, 7) is 1.97. The molecular weight excluding hydrogens is 339 g/mol. The molecule has 1 aromatic rings. The van der Waals surface area contributed by atoms with E-state index in [0.717, 1.165) is 19.2 Å². The number of carbonyl (C=O) groups is 1. The van der Waals surface area contributed by atoms with Crippen molar-refractivity contribution in [3.63, 3.8) is 0 Å². The minimum atomic E-state index is -5.02. The Labute approximate surface area is 131 Å². The summed E-state index contributed by atoms with van der Waals surface area (Å²) < 4.78 is 66.7. The van der Waals surface area contributed by atoms with Gasteiger partial charge in [-0.15, -0.1) is 0 Å². The number of aliphatic hydroxyl groups is 1. The van der Waals surface area contributed by atoms with E-state index in [9.17, 15) is 31.5 Å². The van der Waals surface area contributed by atoms with Crippen LogP contribution in [0.3, 0.4) is 0 Å². The fourth-order valence-corrected chi connectivity index (χ4v) is 2.24. The molecule has 0 aliphatic carbocycles. The topological polar surface area (TPSA) is 96.6 Å². The fraction of sp³-hybridized carbons (Fsp3) is 0.615. The number of amides is 1. The average molecular weight is 357 g/mol. The van der Waals surface area contributed by atoms with Crippen LogP contribution in [0.2, 0.25) is 0 Å². The number of nitrogens with one attached hydrogen (secondary N) is 1. The predicted octanol–water partition coefficient (Wildman–Crippen LogP) is 1.28. The number of alkyl halides is 3. The zero-order valence-corrected chi connectivity index (χ0v) is 13.6. The molecular formula is C13H18F3NO5S. The van der Waals surface area contributed by atoms with E-state index in [1.807, 2.05) is 0 Å². The van der Waals surface area contributed by atoms with E-state index in [2.05, 4.69) is 5.32 Å². The molecule has 0 spiro atoms. The van der Waals surface area contributed by atoms with Crippen molar-refractivity contribution in [3.8, 4) is 0 Å². The summed E-state index contributed by atoms with van der Waals surface area (Å²) in [5.74, 6) is -1.43. The van der Waals surface area contributed by atoms with E-state index in [1.165, 1.54) is 13.0 Å². The lowest BCUT2D eigenvalue weighted by Gasteiger charge is -2.28. The molecule has 10 heteroatoms. The van der Waals surface area contributed by atoms with Crippen LogP contribution in [-0.2, 0) is 20.2 Å². The van der Waals surface area contributed by atoms with Crippen molar-refractivity contribution in [1.82, 2.24) is 5.32 Å². The van der Waals surface area contributed by atoms with Gasteiger partial charge < -0.3 is 14.8 Å². The first kappa shape index (κ1) is 19.5. The van der Waals surface area contributed by atoms with Crippen molar-refractivity contribution in [2.45, 2.75) is 37.3 Å². The quantitative estimate of drug-likeness (QED) is 0.799. The Balaban J connectivity index is 2.84. The zero-order chi connectivity index (χ0) is 18.1. The molecule has 6 nitrogen and oxygen atoms in total. The van der Waals surface area contributed by atoms with Crippen molar-refractivity contribution in [2.24, 2.45) is 0 Å². The molecule has 1 heterocycles. The van der Waals surface area contributed by atoms with E-state index in [-0.39, 0.29) is 5.76 Å². The Kier molecular flexibility index (Phi) is 5.53. The first-order valence-corrected chi connectivity index (χ1v) is 8.57. The number of carbonyl (C=O) groups excluding carboxylic acids is 1. The summed E-state index contributed by atoms with van der Waals surface area (Å²) in [4.78, 5) is 11.6. The normalized spacial score (nSPS) is 16.7. The maximum Gasteiger partial charge on any atom is 0.424 e. The van der Waals surface area contributed by atoms with Gasteiger partial charge >= 0.3 is 6.18 Å². The maximum absolute atomic E-state index is 13.2. The molecule has 2 N–H and O–H groups in total. The van der Waals surface area contributed by atoms with Crippen LogP contribution in [0.4, 0.5) is 13.2 Å². The van der Waals surface area contributed by atoms with Crippen molar-refractivity contribution < 1.29 is 35.9 Å². The fourth-order valence-electron chi connectivity index (χ4n) is 1.77. The first-order valence-electron chi connectivity index (χ1n) is 6.61. The third-order valence-corrected chi connectivity index (χ3v) is 4.91. The van der Waals surface area contributed by atoms with Crippen LogP contribution < -0.4 is 5.32 Å². The van der Waals surface area contributed by atoms with Gasteiger partial charge in [0.2, 0.25) is 11.5 Å². The maximum atomic E-state index is 13.2. The number of sulfone groups is 1. The number of hydrogen-bond donors (Lipinski definition) is 2. The van der Waals surface area contributed by atoms with Crippen LogP contribution in [0.15, 0.2) is 16.5 Å². The second-order valence-corrected chi connectivity index (χ2v) is 7.65. The first-order chi connectivity index (χ1) is 10.3.